The minimum Gasteiger partial charge on any atom is -0.296 e. The van der Waals surface area contributed by atoms with E-state index in [0.717, 1.165) is 25.0 Å². The fraction of sp³-hybridized carbons (Fsp3) is 0.500. The van der Waals surface area contributed by atoms with Crippen LogP contribution >= 0.6 is 0 Å². The summed E-state index contributed by atoms with van der Waals surface area (Å²) in [6, 6.07) is 1.62. The second kappa shape index (κ2) is 4.70. The number of hydrogen-bond donors (Lipinski definition) is 0. The lowest BCUT2D eigenvalue weighted by atomic mass is 10.1. The van der Waals surface area contributed by atoms with Gasteiger partial charge in [0.2, 0.25) is 0 Å². The Balaban J connectivity index is 2.61. The molecule has 0 radical (unpaired) electrons. The Morgan fingerprint density at radius 1 is 1.54 bits per heavy atom. The summed E-state index contributed by atoms with van der Waals surface area (Å²) in [5.41, 5.74) is 0.466. The number of aromatic nitrogens is 2. The molecule has 0 saturated carbocycles. The Bertz CT molecular complexity index is 284. The maximum atomic E-state index is 10.4. The van der Waals surface area contributed by atoms with Crippen molar-refractivity contribution in [2.24, 2.45) is 5.92 Å². The molecule has 0 N–H and O–H groups in total. The largest absolute Gasteiger partial charge is 0.296 e. The molecule has 3 heteroatoms. The molecule has 1 aromatic rings. The molecule has 0 unspecified atom stereocenters. The van der Waals surface area contributed by atoms with Gasteiger partial charge in [-0.1, -0.05) is 13.8 Å². The van der Waals surface area contributed by atoms with Crippen molar-refractivity contribution in [3.8, 4) is 0 Å². The fourth-order valence-electron chi connectivity index (χ4n) is 1.02. The molecule has 0 aromatic carbocycles. The first kappa shape index (κ1) is 9.84. The third-order valence-corrected chi connectivity index (χ3v) is 1.79. The molecule has 0 saturated heterocycles. The topological polar surface area (TPSA) is 42.9 Å². The lowest BCUT2D eigenvalue weighted by Crippen LogP contribution is -2.00. The van der Waals surface area contributed by atoms with Gasteiger partial charge in [-0.25, -0.2) is 9.97 Å². The minimum atomic E-state index is 0.466. The lowest BCUT2D eigenvalue weighted by Gasteiger charge is -2.02. The van der Waals surface area contributed by atoms with Crippen LogP contribution in [0.1, 0.15) is 36.6 Å². The Labute approximate surface area is 78.2 Å². The maximum Gasteiger partial charge on any atom is 0.168 e. The van der Waals surface area contributed by atoms with Crippen molar-refractivity contribution in [1.82, 2.24) is 9.97 Å². The van der Waals surface area contributed by atoms with Crippen molar-refractivity contribution in [3.05, 3.63) is 23.8 Å². The van der Waals surface area contributed by atoms with Crippen molar-refractivity contribution < 1.29 is 4.79 Å². The summed E-state index contributed by atoms with van der Waals surface area (Å²) in [6.07, 6.45) is 4.29. The lowest BCUT2D eigenvalue weighted by molar-refractivity contribution is 0.111. The predicted octanol–water partition coefficient (Wildman–Crippen LogP) is 1.88. The molecule has 0 aliphatic heterocycles. The normalized spacial score (nSPS) is 10.4. The first-order chi connectivity index (χ1) is 6.22. The molecule has 0 bridgehead atoms. The SMILES string of the molecule is CC(C)CCc1nccc(C=O)n1. The van der Waals surface area contributed by atoms with E-state index in [4.69, 9.17) is 0 Å². The summed E-state index contributed by atoms with van der Waals surface area (Å²) in [5.74, 6) is 1.40. The van der Waals surface area contributed by atoms with Crippen LogP contribution in [-0.4, -0.2) is 16.3 Å². The van der Waals surface area contributed by atoms with Crippen LogP contribution in [0, 0.1) is 5.92 Å². The molecule has 0 atom stereocenters. The molecule has 13 heavy (non-hydrogen) atoms. The second-order valence-electron chi connectivity index (χ2n) is 3.45. The highest BCUT2D eigenvalue weighted by Crippen LogP contribution is 2.04. The number of hydrogen-bond acceptors (Lipinski definition) is 3. The number of aryl methyl sites for hydroxylation is 1. The molecule has 1 rings (SSSR count). The number of carbonyl (C=O) groups excluding carboxylic acids is 1. The molecule has 0 fully saturated rings. The van der Waals surface area contributed by atoms with Crippen LogP contribution in [0.5, 0.6) is 0 Å². The van der Waals surface area contributed by atoms with Crippen molar-refractivity contribution in [3.63, 3.8) is 0 Å². The van der Waals surface area contributed by atoms with Gasteiger partial charge in [-0.3, -0.25) is 4.79 Å². The fourth-order valence-corrected chi connectivity index (χ4v) is 1.02. The zero-order valence-corrected chi connectivity index (χ0v) is 8.03. The predicted molar refractivity (Wildman–Crippen MR) is 50.6 cm³/mol. The van der Waals surface area contributed by atoms with Crippen LogP contribution in [-0.2, 0) is 6.42 Å². The van der Waals surface area contributed by atoms with E-state index in [1.165, 1.54) is 0 Å². The van der Waals surface area contributed by atoms with Gasteiger partial charge in [0.15, 0.2) is 6.29 Å². The molecule has 0 spiro atoms. The van der Waals surface area contributed by atoms with E-state index in [-0.39, 0.29) is 0 Å². The van der Waals surface area contributed by atoms with Gasteiger partial charge in [-0.2, -0.15) is 0 Å². The summed E-state index contributed by atoms with van der Waals surface area (Å²) in [6.45, 7) is 4.31. The molecular formula is C10H14N2O. The molecular weight excluding hydrogens is 164 g/mol. The van der Waals surface area contributed by atoms with Gasteiger partial charge in [0.1, 0.15) is 11.5 Å². The van der Waals surface area contributed by atoms with E-state index >= 15 is 0 Å². The first-order valence-corrected chi connectivity index (χ1v) is 4.49. The van der Waals surface area contributed by atoms with Crippen LogP contribution in [0.25, 0.3) is 0 Å². The summed E-state index contributed by atoms with van der Waals surface area (Å²) in [7, 11) is 0. The third kappa shape index (κ3) is 3.32. The highest BCUT2D eigenvalue weighted by molar-refractivity contribution is 5.71. The number of carbonyl (C=O) groups is 1. The Morgan fingerprint density at radius 2 is 2.31 bits per heavy atom. The van der Waals surface area contributed by atoms with Crippen LogP contribution in [0.4, 0.5) is 0 Å². The van der Waals surface area contributed by atoms with Gasteiger partial charge >= 0.3 is 0 Å². The van der Waals surface area contributed by atoms with Gasteiger partial charge in [-0.15, -0.1) is 0 Å². The summed E-state index contributed by atoms with van der Waals surface area (Å²) in [4.78, 5) is 18.6. The molecule has 0 amide bonds. The van der Waals surface area contributed by atoms with Crippen molar-refractivity contribution in [2.75, 3.05) is 0 Å². The van der Waals surface area contributed by atoms with E-state index in [1.54, 1.807) is 12.3 Å². The van der Waals surface area contributed by atoms with E-state index in [0.29, 0.717) is 11.6 Å². The van der Waals surface area contributed by atoms with Crippen LogP contribution in [0.3, 0.4) is 0 Å². The summed E-state index contributed by atoms with van der Waals surface area (Å²) < 4.78 is 0. The van der Waals surface area contributed by atoms with Gasteiger partial charge in [0.05, 0.1) is 0 Å². The second-order valence-corrected chi connectivity index (χ2v) is 3.45. The third-order valence-electron chi connectivity index (χ3n) is 1.79. The zero-order valence-electron chi connectivity index (χ0n) is 8.03. The highest BCUT2D eigenvalue weighted by Gasteiger charge is 2.00. The van der Waals surface area contributed by atoms with Gasteiger partial charge in [-0.05, 0) is 18.4 Å². The maximum absolute atomic E-state index is 10.4. The summed E-state index contributed by atoms with van der Waals surface area (Å²) in [5, 5.41) is 0. The average molecular weight is 178 g/mol. The first-order valence-electron chi connectivity index (χ1n) is 4.49. The summed E-state index contributed by atoms with van der Waals surface area (Å²) >= 11 is 0. The van der Waals surface area contributed by atoms with Crippen LogP contribution < -0.4 is 0 Å². The number of rotatable bonds is 4. The van der Waals surface area contributed by atoms with E-state index in [1.807, 2.05) is 0 Å². The number of aldehydes is 1. The van der Waals surface area contributed by atoms with Gasteiger partial charge in [0, 0.05) is 12.6 Å². The van der Waals surface area contributed by atoms with Crippen molar-refractivity contribution >= 4 is 6.29 Å². The highest BCUT2D eigenvalue weighted by atomic mass is 16.1. The van der Waals surface area contributed by atoms with Crippen LogP contribution in [0.2, 0.25) is 0 Å². The van der Waals surface area contributed by atoms with Gasteiger partial charge in [0.25, 0.3) is 0 Å². The Morgan fingerprint density at radius 3 is 2.92 bits per heavy atom. The molecule has 1 heterocycles. The number of nitrogens with zero attached hydrogens (tertiary/aromatic N) is 2. The molecule has 3 nitrogen and oxygen atoms in total. The average Bonchev–Trinajstić information content (AvgIpc) is 2.15. The minimum absolute atomic E-state index is 0.466. The van der Waals surface area contributed by atoms with Crippen molar-refractivity contribution in [2.45, 2.75) is 26.7 Å². The zero-order chi connectivity index (χ0) is 9.68. The van der Waals surface area contributed by atoms with Gasteiger partial charge < -0.3 is 0 Å². The molecule has 0 aliphatic rings. The molecule has 0 aliphatic carbocycles. The standard InChI is InChI=1S/C10H14N2O/c1-8(2)3-4-10-11-6-5-9(7-13)12-10/h5-8H,3-4H2,1-2H3. The van der Waals surface area contributed by atoms with Crippen LogP contribution in [0.15, 0.2) is 12.3 Å². The Kier molecular flexibility index (Phi) is 3.55. The van der Waals surface area contributed by atoms with E-state index < -0.39 is 0 Å². The molecule has 1 aromatic heterocycles. The van der Waals surface area contributed by atoms with Crippen molar-refractivity contribution in [1.29, 1.82) is 0 Å². The quantitative estimate of drug-likeness (QED) is 0.661. The van der Waals surface area contributed by atoms with E-state index in [9.17, 15) is 4.79 Å². The van der Waals surface area contributed by atoms with E-state index in [2.05, 4.69) is 23.8 Å². The molecule has 70 valence electrons. The monoisotopic (exact) mass is 178 g/mol. The Hall–Kier alpha value is -1.25. The smallest absolute Gasteiger partial charge is 0.168 e.